The Labute approximate surface area is 190 Å². The van der Waals surface area contributed by atoms with Crippen LogP contribution in [0.2, 0.25) is 0 Å². The molecule has 0 spiro atoms. The van der Waals surface area contributed by atoms with Gasteiger partial charge in [0.2, 0.25) is 0 Å². The smallest absolute Gasteiger partial charge is 0.161 e. The molecule has 0 atom stereocenters. The number of benzene rings is 1. The van der Waals surface area contributed by atoms with Gasteiger partial charge >= 0.3 is 0 Å². The van der Waals surface area contributed by atoms with Crippen LogP contribution in [0.3, 0.4) is 0 Å². The number of rotatable bonds is 6. The third-order valence-electron chi connectivity index (χ3n) is 4.28. The Morgan fingerprint density at radius 1 is 1.03 bits per heavy atom. The van der Waals surface area contributed by atoms with Crippen LogP contribution in [-0.2, 0) is 17.6 Å². The van der Waals surface area contributed by atoms with Crippen LogP contribution in [-0.4, -0.2) is 17.8 Å². The number of ketones is 1. The predicted molar refractivity (Wildman–Crippen MR) is 136 cm³/mol. The van der Waals surface area contributed by atoms with Crippen LogP contribution in [0.4, 0.5) is 0 Å². The van der Waals surface area contributed by atoms with Crippen molar-refractivity contribution in [2.75, 3.05) is 7.05 Å². The topological polar surface area (TPSA) is 42.0 Å². The Morgan fingerprint density at radius 2 is 1.58 bits per heavy atom. The zero-order valence-corrected chi connectivity index (χ0v) is 20.5. The molecule has 0 saturated heterocycles. The molecule has 0 fully saturated rings. The van der Waals surface area contributed by atoms with E-state index in [2.05, 4.69) is 82.5 Å². The van der Waals surface area contributed by atoms with E-state index in [1.807, 2.05) is 18.2 Å². The van der Waals surface area contributed by atoms with E-state index in [1.165, 1.54) is 23.1 Å². The lowest BCUT2D eigenvalue weighted by Gasteiger charge is -2.06. The molecule has 0 bridgehead atoms. The Hall–Kier alpha value is -3.12. The first-order valence-electron chi connectivity index (χ1n) is 10.7. The molecule has 0 amide bonds. The first kappa shape index (κ1) is 30.1. The molecule has 1 N–H and O–H groups in total. The van der Waals surface area contributed by atoms with Crippen molar-refractivity contribution in [1.29, 1.82) is 0 Å². The second-order valence-electron chi connectivity index (χ2n) is 6.94. The molecule has 1 aromatic carbocycles. The van der Waals surface area contributed by atoms with Gasteiger partial charge in [-0.15, -0.1) is 12.8 Å². The number of carbonyl (C=O) groups is 1. The van der Waals surface area contributed by atoms with Gasteiger partial charge in [0, 0.05) is 30.7 Å². The average molecular weight is 421 g/mol. The summed E-state index contributed by atoms with van der Waals surface area (Å²) in [5, 5.41) is 2.89. The van der Waals surface area contributed by atoms with Gasteiger partial charge in [-0.1, -0.05) is 58.0 Å². The highest BCUT2D eigenvalue weighted by atomic mass is 16.1. The van der Waals surface area contributed by atoms with Crippen LogP contribution >= 0.6 is 0 Å². The fourth-order valence-corrected chi connectivity index (χ4v) is 2.38. The number of aryl methyl sites for hydroxylation is 3. The first-order valence-corrected chi connectivity index (χ1v) is 10.7. The number of aromatic nitrogens is 1. The van der Waals surface area contributed by atoms with Crippen molar-refractivity contribution in [1.82, 2.24) is 10.3 Å². The molecule has 3 nitrogen and oxygen atoms in total. The van der Waals surface area contributed by atoms with Crippen LogP contribution in [0.15, 0.2) is 66.7 Å². The second kappa shape index (κ2) is 18.9. The van der Waals surface area contributed by atoms with Crippen LogP contribution < -0.4 is 5.32 Å². The number of carbonyl (C=O) groups excluding carboxylic acids is 1. The molecule has 31 heavy (non-hydrogen) atoms. The maximum absolute atomic E-state index is 11.4. The van der Waals surface area contributed by atoms with Crippen molar-refractivity contribution in [3.8, 4) is 12.8 Å². The van der Waals surface area contributed by atoms with E-state index in [0.29, 0.717) is 17.7 Å². The lowest BCUT2D eigenvalue weighted by atomic mass is 10.1. The van der Waals surface area contributed by atoms with Crippen LogP contribution in [0, 0.1) is 26.7 Å². The van der Waals surface area contributed by atoms with E-state index < -0.39 is 0 Å². The summed E-state index contributed by atoms with van der Waals surface area (Å²) in [4.78, 5) is 15.3. The van der Waals surface area contributed by atoms with E-state index in [9.17, 15) is 4.79 Å². The Morgan fingerprint density at radius 3 is 2.00 bits per heavy atom. The lowest BCUT2D eigenvalue weighted by molar-refractivity contribution is -0.113. The third-order valence-corrected chi connectivity index (χ3v) is 4.28. The lowest BCUT2D eigenvalue weighted by Crippen LogP contribution is -2.12. The summed E-state index contributed by atoms with van der Waals surface area (Å²) in [5.74, 6) is 0.0217. The number of nitrogens with one attached hydrogen (secondary N) is 1. The summed E-state index contributed by atoms with van der Waals surface area (Å²) in [6.45, 7) is 16.1. The number of allylic oxidation sites excluding steroid dienone is 2. The average Bonchev–Trinajstić information content (AvgIpc) is 2.78. The monoisotopic (exact) mass is 420 g/mol. The standard InChI is InChI=1S/C13H16N2O.C10H14.C3H8.C2H2/c1-10(14-3)13(11(2)16)5-4-12-6-8-15-9-7-12;1-4-10-6-5-8(2)9(3)7-10;1-3-2;1-2/h5-9,14H,1,4H2,2-3H3;5-7H,4H2,1-3H3;3H2,1-2H3;1-2H/b13-5+;;;. The van der Waals surface area contributed by atoms with E-state index in [-0.39, 0.29) is 5.78 Å². The largest absolute Gasteiger partial charge is 0.388 e. The summed E-state index contributed by atoms with van der Waals surface area (Å²) in [5.41, 5.74) is 6.64. The fourth-order valence-electron chi connectivity index (χ4n) is 2.38. The molecule has 168 valence electrons. The van der Waals surface area contributed by atoms with Crippen molar-refractivity contribution in [2.24, 2.45) is 0 Å². The van der Waals surface area contributed by atoms with Gasteiger partial charge in [-0.25, -0.2) is 0 Å². The molecular weight excluding hydrogens is 380 g/mol. The Balaban J connectivity index is 0. The SMILES string of the molecule is C#C.C=C(NC)/C(=C\Cc1ccncc1)C(C)=O.CCC.CCc1ccc(C)c(C)c1. The van der Waals surface area contributed by atoms with Crippen molar-refractivity contribution in [2.45, 2.75) is 60.8 Å². The zero-order chi connectivity index (χ0) is 24.2. The molecule has 0 radical (unpaired) electrons. The highest BCUT2D eigenvalue weighted by molar-refractivity contribution is 5.97. The molecule has 2 aromatic rings. The summed E-state index contributed by atoms with van der Waals surface area (Å²) < 4.78 is 0. The fraction of sp³-hybridized carbons (Fsp3) is 0.357. The van der Waals surface area contributed by atoms with Crippen molar-refractivity contribution in [3.05, 3.63) is 88.9 Å². The van der Waals surface area contributed by atoms with Gasteiger partial charge in [-0.3, -0.25) is 9.78 Å². The molecule has 0 aliphatic rings. The van der Waals surface area contributed by atoms with Gasteiger partial charge in [0.25, 0.3) is 0 Å². The molecule has 0 saturated carbocycles. The number of nitrogens with zero attached hydrogens (tertiary/aromatic N) is 1. The Kier molecular flexibility index (Phi) is 18.3. The normalized spacial score (nSPS) is 9.52. The summed E-state index contributed by atoms with van der Waals surface area (Å²) in [7, 11) is 1.76. The minimum absolute atomic E-state index is 0.0217. The van der Waals surface area contributed by atoms with Gasteiger partial charge in [0.1, 0.15) is 0 Å². The number of terminal acetylenes is 1. The number of pyridine rings is 1. The zero-order valence-electron chi connectivity index (χ0n) is 20.5. The van der Waals surface area contributed by atoms with Crippen LogP contribution in [0.5, 0.6) is 0 Å². The molecule has 2 rings (SSSR count). The summed E-state index contributed by atoms with van der Waals surface area (Å²) in [6, 6.07) is 10.5. The highest BCUT2D eigenvalue weighted by Crippen LogP contribution is 2.10. The number of likely N-dealkylation sites (N-methyl/N-ethyl adjacent to an activating group) is 1. The van der Waals surface area contributed by atoms with E-state index in [1.54, 1.807) is 26.4 Å². The van der Waals surface area contributed by atoms with Gasteiger partial charge in [0.15, 0.2) is 5.78 Å². The van der Waals surface area contributed by atoms with Gasteiger partial charge < -0.3 is 5.32 Å². The van der Waals surface area contributed by atoms with Crippen molar-refractivity contribution < 1.29 is 4.79 Å². The summed E-state index contributed by atoms with van der Waals surface area (Å²) in [6.07, 6.45) is 16.5. The molecule has 1 heterocycles. The molecule has 1 aromatic heterocycles. The molecule has 0 unspecified atom stereocenters. The van der Waals surface area contributed by atoms with Crippen LogP contribution in [0.1, 0.15) is 56.4 Å². The van der Waals surface area contributed by atoms with Gasteiger partial charge in [-0.2, -0.15) is 0 Å². The maximum Gasteiger partial charge on any atom is 0.161 e. The van der Waals surface area contributed by atoms with E-state index in [0.717, 1.165) is 12.0 Å². The molecular formula is C28H40N2O. The first-order chi connectivity index (χ1) is 14.8. The van der Waals surface area contributed by atoms with Crippen molar-refractivity contribution >= 4 is 5.78 Å². The second-order valence-corrected chi connectivity index (χ2v) is 6.94. The quantitative estimate of drug-likeness (QED) is 0.334. The molecule has 3 heteroatoms. The van der Waals surface area contributed by atoms with Crippen molar-refractivity contribution in [3.63, 3.8) is 0 Å². The number of hydrogen-bond acceptors (Lipinski definition) is 3. The predicted octanol–water partition coefficient (Wildman–Crippen LogP) is 6.40. The van der Waals surface area contributed by atoms with E-state index in [4.69, 9.17) is 0 Å². The summed E-state index contributed by atoms with van der Waals surface area (Å²) >= 11 is 0. The molecule has 0 aliphatic carbocycles. The third kappa shape index (κ3) is 13.7. The minimum atomic E-state index is 0.0217. The van der Waals surface area contributed by atoms with Gasteiger partial charge in [-0.05, 0) is 68.0 Å². The maximum atomic E-state index is 11.4. The van der Waals surface area contributed by atoms with E-state index >= 15 is 0 Å². The number of Topliss-reactive ketones (excluding diaryl/α,β-unsaturated/α-hetero) is 1. The highest BCUT2D eigenvalue weighted by Gasteiger charge is 2.06. The van der Waals surface area contributed by atoms with Gasteiger partial charge in [0.05, 0.1) is 0 Å². The number of hydrogen-bond donors (Lipinski definition) is 1. The molecule has 0 aliphatic heterocycles. The minimum Gasteiger partial charge on any atom is -0.388 e. The Bertz CT molecular complexity index is 817. The van der Waals surface area contributed by atoms with Crippen LogP contribution in [0.25, 0.3) is 0 Å².